The van der Waals surface area contributed by atoms with Crippen LogP contribution >= 0.6 is 0 Å². The first-order valence-corrected chi connectivity index (χ1v) is 7.60. The van der Waals surface area contributed by atoms with Crippen LogP contribution in [0.2, 0.25) is 0 Å². The minimum atomic E-state index is 0.624. The second kappa shape index (κ2) is 6.31. The highest BCUT2D eigenvalue weighted by Crippen LogP contribution is 2.37. The molecule has 2 rings (SSSR count). The zero-order valence-corrected chi connectivity index (χ0v) is 12.7. The van der Waals surface area contributed by atoms with Gasteiger partial charge in [0.25, 0.3) is 0 Å². The number of hydrogen-bond acceptors (Lipinski definition) is 2. The molecule has 1 fully saturated rings. The molecule has 2 nitrogen and oxygen atoms in total. The van der Waals surface area contributed by atoms with Gasteiger partial charge in [-0.05, 0) is 55.7 Å². The molecule has 0 atom stereocenters. The lowest BCUT2D eigenvalue weighted by atomic mass is 9.73. The van der Waals surface area contributed by atoms with E-state index >= 15 is 0 Å². The Balaban J connectivity index is 1.96. The molecule has 1 aliphatic carbocycles. The van der Waals surface area contributed by atoms with Crippen LogP contribution < -0.4 is 10.1 Å². The lowest BCUT2D eigenvalue weighted by molar-refractivity contribution is 0.211. The van der Waals surface area contributed by atoms with Crippen LogP contribution in [0.3, 0.4) is 0 Å². The predicted molar refractivity (Wildman–Crippen MR) is 81.9 cm³/mol. The molecule has 0 aromatic heterocycles. The van der Waals surface area contributed by atoms with E-state index in [0.717, 1.165) is 36.3 Å². The van der Waals surface area contributed by atoms with Gasteiger partial charge in [0, 0.05) is 6.04 Å². The van der Waals surface area contributed by atoms with Crippen LogP contribution in [-0.4, -0.2) is 12.6 Å². The van der Waals surface area contributed by atoms with E-state index in [0.29, 0.717) is 6.04 Å². The highest BCUT2D eigenvalue weighted by atomic mass is 16.5. The van der Waals surface area contributed by atoms with E-state index in [2.05, 4.69) is 51.2 Å². The van der Waals surface area contributed by atoms with Crippen LogP contribution in [-0.2, 0) is 0 Å². The molecule has 1 aromatic rings. The molecule has 0 amide bonds. The first-order chi connectivity index (χ1) is 9.10. The van der Waals surface area contributed by atoms with Gasteiger partial charge in [-0.3, -0.25) is 0 Å². The Kier molecular flexibility index (Phi) is 4.73. The third-order valence-electron chi connectivity index (χ3n) is 4.08. The molecule has 2 heteroatoms. The maximum absolute atomic E-state index is 5.85. The normalized spacial score (nSPS) is 22.2. The molecule has 106 valence electrons. The lowest BCUT2D eigenvalue weighted by Crippen LogP contribution is -2.38. The van der Waals surface area contributed by atoms with Crippen molar-refractivity contribution in [1.82, 2.24) is 0 Å². The van der Waals surface area contributed by atoms with Crippen molar-refractivity contribution in [2.24, 2.45) is 11.8 Å². The van der Waals surface area contributed by atoms with Crippen LogP contribution in [0.15, 0.2) is 18.2 Å². The van der Waals surface area contributed by atoms with Crippen molar-refractivity contribution in [2.75, 3.05) is 11.9 Å². The maximum Gasteiger partial charge on any atom is 0.142 e. The van der Waals surface area contributed by atoms with E-state index in [-0.39, 0.29) is 0 Å². The quantitative estimate of drug-likeness (QED) is 0.806. The van der Waals surface area contributed by atoms with Gasteiger partial charge >= 0.3 is 0 Å². The maximum atomic E-state index is 5.85. The van der Waals surface area contributed by atoms with Gasteiger partial charge in [0.2, 0.25) is 0 Å². The van der Waals surface area contributed by atoms with Crippen LogP contribution in [0.4, 0.5) is 5.69 Å². The average molecular weight is 261 g/mol. The number of aryl methyl sites for hydroxylation is 1. The van der Waals surface area contributed by atoms with Gasteiger partial charge in [-0.2, -0.15) is 0 Å². The van der Waals surface area contributed by atoms with Crippen molar-refractivity contribution < 1.29 is 4.74 Å². The largest absolute Gasteiger partial charge is 0.491 e. The monoisotopic (exact) mass is 261 g/mol. The molecule has 0 spiro atoms. The summed E-state index contributed by atoms with van der Waals surface area (Å²) >= 11 is 0. The second-order valence-electron chi connectivity index (χ2n) is 6.16. The number of benzene rings is 1. The third kappa shape index (κ3) is 3.65. The molecule has 0 unspecified atom stereocenters. The van der Waals surface area contributed by atoms with E-state index in [1.54, 1.807) is 0 Å². The topological polar surface area (TPSA) is 21.3 Å². The van der Waals surface area contributed by atoms with E-state index < -0.39 is 0 Å². The molecule has 0 saturated heterocycles. The van der Waals surface area contributed by atoms with E-state index in [9.17, 15) is 0 Å². The van der Waals surface area contributed by atoms with Crippen LogP contribution in [0.25, 0.3) is 0 Å². The molecule has 1 saturated carbocycles. The molecule has 0 radical (unpaired) electrons. The van der Waals surface area contributed by atoms with Crippen LogP contribution in [0, 0.1) is 18.8 Å². The fourth-order valence-electron chi connectivity index (χ4n) is 2.62. The fraction of sp³-hybridized carbons (Fsp3) is 0.647. The molecular weight excluding hydrogens is 234 g/mol. The average Bonchev–Trinajstić information content (AvgIpc) is 2.32. The van der Waals surface area contributed by atoms with Gasteiger partial charge in [0.15, 0.2) is 0 Å². The Morgan fingerprint density at radius 1 is 1.32 bits per heavy atom. The summed E-state index contributed by atoms with van der Waals surface area (Å²) in [5.41, 5.74) is 2.41. The number of nitrogens with one attached hydrogen (secondary N) is 1. The van der Waals surface area contributed by atoms with Crippen LogP contribution in [0.5, 0.6) is 5.75 Å². The second-order valence-corrected chi connectivity index (χ2v) is 6.16. The molecule has 0 bridgehead atoms. The van der Waals surface area contributed by atoms with Gasteiger partial charge in [-0.15, -0.1) is 0 Å². The number of ether oxygens (including phenoxy) is 1. The van der Waals surface area contributed by atoms with Gasteiger partial charge in [0.1, 0.15) is 5.75 Å². The summed E-state index contributed by atoms with van der Waals surface area (Å²) in [4.78, 5) is 0. The Hall–Kier alpha value is -1.18. The highest BCUT2D eigenvalue weighted by molar-refractivity contribution is 5.58. The summed E-state index contributed by atoms with van der Waals surface area (Å²) in [5, 5.41) is 3.64. The Morgan fingerprint density at radius 3 is 2.68 bits per heavy atom. The van der Waals surface area contributed by atoms with Crippen molar-refractivity contribution in [3.05, 3.63) is 23.8 Å². The third-order valence-corrected chi connectivity index (χ3v) is 4.08. The standard InChI is InChI=1S/C17H27NO/c1-5-8-19-17-9-13(4)6-7-16(17)18-15-10-14(11-15)12(2)3/h6-7,9,12,14-15,18H,5,8,10-11H2,1-4H3. The summed E-state index contributed by atoms with van der Waals surface area (Å²) in [6, 6.07) is 7.07. The summed E-state index contributed by atoms with van der Waals surface area (Å²) in [7, 11) is 0. The first-order valence-electron chi connectivity index (χ1n) is 7.60. The SMILES string of the molecule is CCCOc1cc(C)ccc1NC1CC(C(C)C)C1. The van der Waals surface area contributed by atoms with Crippen molar-refractivity contribution in [3.63, 3.8) is 0 Å². The van der Waals surface area contributed by atoms with Crippen LogP contribution in [0.1, 0.15) is 45.6 Å². The summed E-state index contributed by atoms with van der Waals surface area (Å²) < 4.78 is 5.85. The highest BCUT2D eigenvalue weighted by Gasteiger charge is 2.31. The Bertz CT molecular complexity index is 408. The first kappa shape index (κ1) is 14.2. The van der Waals surface area contributed by atoms with Crippen molar-refractivity contribution in [2.45, 2.75) is 53.0 Å². The molecule has 1 aromatic carbocycles. The van der Waals surface area contributed by atoms with Gasteiger partial charge < -0.3 is 10.1 Å². The Labute approximate surface area is 117 Å². The van der Waals surface area contributed by atoms with Crippen molar-refractivity contribution in [3.8, 4) is 5.75 Å². The number of anilines is 1. The smallest absolute Gasteiger partial charge is 0.142 e. The van der Waals surface area contributed by atoms with E-state index in [4.69, 9.17) is 4.74 Å². The molecule has 0 heterocycles. The molecular formula is C17H27NO. The molecule has 1 N–H and O–H groups in total. The summed E-state index contributed by atoms with van der Waals surface area (Å²) in [6.45, 7) is 9.69. The van der Waals surface area contributed by atoms with E-state index in [1.165, 1.54) is 18.4 Å². The zero-order valence-electron chi connectivity index (χ0n) is 12.7. The van der Waals surface area contributed by atoms with Gasteiger partial charge in [-0.25, -0.2) is 0 Å². The summed E-state index contributed by atoms with van der Waals surface area (Å²) in [5.74, 6) is 2.71. The summed E-state index contributed by atoms with van der Waals surface area (Å²) in [6.07, 6.45) is 3.63. The predicted octanol–water partition coefficient (Wildman–Crippen LogP) is 4.63. The lowest BCUT2D eigenvalue weighted by Gasteiger charge is -2.39. The zero-order chi connectivity index (χ0) is 13.8. The Morgan fingerprint density at radius 2 is 2.05 bits per heavy atom. The van der Waals surface area contributed by atoms with Crippen molar-refractivity contribution >= 4 is 5.69 Å². The van der Waals surface area contributed by atoms with Crippen molar-refractivity contribution in [1.29, 1.82) is 0 Å². The molecule has 0 aliphatic heterocycles. The molecule has 1 aliphatic rings. The number of rotatable bonds is 6. The minimum absolute atomic E-state index is 0.624. The number of hydrogen-bond donors (Lipinski definition) is 1. The van der Waals surface area contributed by atoms with Gasteiger partial charge in [-0.1, -0.05) is 26.8 Å². The fourth-order valence-corrected chi connectivity index (χ4v) is 2.62. The van der Waals surface area contributed by atoms with Gasteiger partial charge in [0.05, 0.1) is 12.3 Å². The van der Waals surface area contributed by atoms with E-state index in [1.807, 2.05) is 0 Å². The molecule has 19 heavy (non-hydrogen) atoms. The minimum Gasteiger partial charge on any atom is -0.491 e.